The Bertz CT molecular complexity index is 626. The smallest absolute Gasteiger partial charge is 0.271 e. The zero-order valence-corrected chi connectivity index (χ0v) is 11.8. The fourth-order valence-electron chi connectivity index (χ4n) is 1.75. The third-order valence-corrected chi connectivity index (χ3v) is 3.32. The summed E-state index contributed by atoms with van der Waals surface area (Å²) in [5.74, 6) is 0.347. The number of nitrogens with zero attached hydrogens (tertiary/aromatic N) is 4. The highest BCUT2D eigenvalue weighted by atomic mass is 79.9. The SMILES string of the molecule is CCCc1c(N)nnn1-c1cc([N+](=O)[O-])ccc1Br. The number of nitrogen functional groups attached to an aromatic ring is 1. The standard InChI is InChI=1S/C11H12BrN5O2/c1-2-3-9-11(13)14-15-16(9)10-6-7(17(18)19)4-5-8(10)12/h4-6H,2-3,13H2,1H3. The number of non-ortho nitro benzene ring substituents is 1. The van der Waals surface area contributed by atoms with Gasteiger partial charge < -0.3 is 5.73 Å². The molecule has 0 aliphatic heterocycles. The van der Waals surface area contributed by atoms with Gasteiger partial charge in [-0.3, -0.25) is 10.1 Å². The molecule has 1 aromatic heterocycles. The Hall–Kier alpha value is -1.96. The highest BCUT2D eigenvalue weighted by Crippen LogP contribution is 2.27. The van der Waals surface area contributed by atoms with Crippen molar-refractivity contribution in [3.05, 3.63) is 38.5 Å². The Morgan fingerprint density at radius 3 is 2.89 bits per heavy atom. The van der Waals surface area contributed by atoms with Crippen LogP contribution in [0.2, 0.25) is 0 Å². The van der Waals surface area contributed by atoms with Crippen LogP contribution in [0, 0.1) is 10.1 Å². The zero-order valence-electron chi connectivity index (χ0n) is 10.2. The second-order valence-corrected chi connectivity index (χ2v) is 4.83. The van der Waals surface area contributed by atoms with Crippen LogP contribution in [0.1, 0.15) is 19.0 Å². The van der Waals surface area contributed by atoms with Crippen LogP contribution in [0.15, 0.2) is 22.7 Å². The van der Waals surface area contributed by atoms with E-state index in [-0.39, 0.29) is 5.69 Å². The number of aromatic nitrogens is 3. The van der Waals surface area contributed by atoms with Crippen molar-refractivity contribution >= 4 is 27.4 Å². The van der Waals surface area contributed by atoms with E-state index in [4.69, 9.17) is 5.73 Å². The predicted octanol–water partition coefficient (Wildman–Crippen LogP) is 2.47. The van der Waals surface area contributed by atoms with Crippen LogP contribution in [-0.4, -0.2) is 19.9 Å². The van der Waals surface area contributed by atoms with Crippen LogP contribution >= 0.6 is 15.9 Å². The molecule has 0 spiro atoms. The van der Waals surface area contributed by atoms with Crippen LogP contribution in [0.3, 0.4) is 0 Å². The van der Waals surface area contributed by atoms with Crippen LogP contribution in [0.5, 0.6) is 0 Å². The lowest BCUT2D eigenvalue weighted by atomic mass is 10.2. The second-order valence-electron chi connectivity index (χ2n) is 3.98. The van der Waals surface area contributed by atoms with E-state index >= 15 is 0 Å². The summed E-state index contributed by atoms with van der Waals surface area (Å²) < 4.78 is 2.23. The molecule has 0 fully saturated rings. The first-order valence-electron chi connectivity index (χ1n) is 5.69. The summed E-state index contributed by atoms with van der Waals surface area (Å²) in [6.07, 6.45) is 1.58. The second kappa shape index (κ2) is 5.35. The van der Waals surface area contributed by atoms with E-state index in [1.165, 1.54) is 16.8 Å². The molecule has 8 heteroatoms. The van der Waals surface area contributed by atoms with E-state index in [2.05, 4.69) is 26.2 Å². The van der Waals surface area contributed by atoms with Crippen LogP contribution in [0.25, 0.3) is 5.69 Å². The molecule has 0 radical (unpaired) electrons. The molecule has 0 amide bonds. The summed E-state index contributed by atoms with van der Waals surface area (Å²) in [5, 5.41) is 18.6. The lowest BCUT2D eigenvalue weighted by molar-refractivity contribution is -0.384. The maximum Gasteiger partial charge on any atom is 0.271 e. The third kappa shape index (κ3) is 2.58. The Labute approximate surface area is 117 Å². The summed E-state index contributed by atoms with van der Waals surface area (Å²) in [4.78, 5) is 10.4. The van der Waals surface area contributed by atoms with Gasteiger partial charge in [-0.1, -0.05) is 18.6 Å². The topological polar surface area (TPSA) is 99.9 Å². The van der Waals surface area contributed by atoms with Crippen molar-refractivity contribution in [2.45, 2.75) is 19.8 Å². The van der Waals surface area contributed by atoms with E-state index in [1.54, 1.807) is 6.07 Å². The van der Waals surface area contributed by atoms with Gasteiger partial charge in [-0.05, 0) is 28.4 Å². The van der Waals surface area contributed by atoms with Gasteiger partial charge in [0.2, 0.25) is 0 Å². The van der Waals surface area contributed by atoms with Gasteiger partial charge in [-0.25, -0.2) is 4.68 Å². The number of nitro groups is 1. The molecule has 1 heterocycles. The molecular formula is C11H12BrN5O2. The quantitative estimate of drug-likeness (QED) is 0.687. The number of nitro benzene ring substituents is 1. The number of rotatable bonds is 4. The van der Waals surface area contributed by atoms with Gasteiger partial charge in [0.15, 0.2) is 5.82 Å². The van der Waals surface area contributed by atoms with Gasteiger partial charge in [0, 0.05) is 16.6 Å². The van der Waals surface area contributed by atoms with E-state index in [1.807, 2.05) is 6.92 Å². The molecule has 1 aromatic carbocycles. The minimum atomic E-state index is -0.449. The molecule has 0 aliphatic carbocycles. The van der Waals surface area contributed by atoms with Crippen molar-refractivity contribution < 1.29 is 4.92 Å². The van der Waals surface area contributed by atoms with Crippen LogP contribution < -0.4 is 5.73 Å². The highest BCUT2D eigenvalue weighted by molar-refractivity contribution is 9.10. The summed E-state index contributed by atoms with van der Waals surface area (Å²) in [6, 6.07) is 4.48. The first-order valence-corrected chi connectivity index (χ1v) is 6.48. The number of halogens is 1. The lowest BCUT2D eigenvalue weighted by Crippen LogP contribution is -2.05. The molecule has 0 aliphatic rings. The Morgan fingerprint density at radius 2 is 2.26 bits per heavy atom. The molecule has 2 rings (SSSR count). The van der Waals surface area contributed by atoms with Crippen molar-refractivity contribution in [2.75, 3.05) is 5.73 Å². The summed E-state index contributed by atoms with van der Waals surface area (Å²) >= 11 is 3.36. The van der Waals surface area contributed by atoms with Gasteiger partial charge in [-0.2, -0.15) is 0 Å². The minimum absolute atomic E-state index is 0.00489. The molecular weight excluding hydrogens is 314 g/mol. The molecule has 0 atom stereocenters. The molecule has 2 aromatic rings. The van der Waals surface area contributed by atoms with E-state index in [0.717, 1.165) is 12.1 Å². The van der Waals surface area contributed by atoms with Crippen molar-refractivity contribution in [2.24, 2.45) is 0 Å². The van der Waals surface area contributed by atoms with Gasteiger partial charge in [0.1, 0.15) is 0 Å². The average molecular weight is 326 g/mol. The fourth-order valence-corrected chi connectivity index (χ4v) is 2.17. The molecule has 7 nitrogen and oxygen atoms in total. The summed E-state index contributed by atoms with van der Waals surface area (Å²) in [6.45, 7) is 2.01. The Kier molecular flexibility index (Phi) is 3.79. The maximum atomic E-state index is 10.8. The van der Waals surface area contributed by atoms with Gasteiger partial charge in [-0.15, -0.1) is 5.10 Å². The Morgan fingerprint density at radius 1 is 1.53 bits per heavy atom. The number of hydrogen-bond acceptors (Lipinski definition) is 5. The molecule has 19 heavy (non-hydrogen) atoms. The molecule has 0 bridgehead atoms. The van der Waals surface area contributed by atoms with Gasteiger partial charge in [0.05, 0.1) is 16.3 Å². The zero-order chi connectivity index (χ0) is 14.0. The highest BCUT2D eigenvalue weighted by Gasteiger charge is 2.16. The minimum Gasteiger partial charge on any atom is -0.381 e. The summed E-state index contributed by atoms with van der Waals surface area (Å²) in [7, 11) is 0. The molecule has 100 valence electrons. The monoisotopic (exact) mass is 325 g/mol. The molecule has 2 N–H and O–H groups in total. The van der Waals surface area contributed by atoms with E-state index in [9.17, 15) is 10.1 Å². The number of anilines is 1. The van der Waals surface area contributed by atoms with Gasteiger partial charge in [0.25, 0.3) is 5.69 Å². The van der Waals surface area contributed by atoms with Crippen molar-refractivity contribution in [3.8, 4) is 5.69 Å². The van der Waals surface area contributed by atoms with E-state index < -0.39 is 4.92 Å². The average Bonchev–Trinajstić information content (AvgIpc) is 2.72. The predicted molar refractivity (Wildman–Crippen MR) is 74.1 cm³/mol. The molecule has 0 unspecified atom stereocenters. The first kappa shape index (κ1) is 13.5. The van der Waals surface area contributed by atoms with Crippen molar-refractivity contribution in [3.63, 3.8) is 0 Å². The number of hydrogen-bond donors (Lipinski definition) is 1. The van der Waals surface area contributed by atoms with Crippen LogP contribution in [0.4, 0.5) is 11.5 Å². The van der Waals surface area contributed by atoms with Gasteiger partial charge >= 0.3 is 0 Å². The Balaban J connectivity index is 2.58. The van der Waals surface area contributed by atoms with Crippen molar-refractivity contribution in [1.29, 1.82) is 0 Å². The third-order valence-electron chi connectivity index (χ3n) is 2.65. The summed E-state index contributed by atoms with van der Waals surface area (Å²) in [5.41, 5.74) is 7.07. The number of nitrogens with two attached hydrogens (primary N) is 1. The normalized spacial score (nSPS) is 10.6. The molecule has 0 saturated carbocycles. The largest absolute Gasteiger partial charge is 0.381 e. The van der Waals surface area contributed by atoms with Crippen molar-refractivity contribution in [1.82, 2.24) is 15.0 Å². The van der Waals surface area contributed by atoms with E-state index in [0.29, 0.717) is 22.4 Å². The van der Waals surface area contributed by atoms with Crippen LogP contribution in [-0.2, 0) is 6.42 Å². The lowest BCUT2D eigenvalue weighted by Gasteiger charge is -2.07. The fraction of sp³-hybridized carbons (Fsp3) is 0.273. The number of benzene rings is 1. The maximum absolute atomic E-state index is 10.8. The molecule has 0 saturated heterocycles. The first-order chi connectivity index (χ1) is 9.04.